The third-order valence-electron chi connectivity index (χ3n) is 5.57. The van der Waals surface area contributed by atoms with Crippen LogP contribution < -0.4 is 10.6 Å². The fourth-order valence-electron chi connectivity index (χ4n) is 4.00. The Balaban J connectivity index is 1.37. The highest BCUT2D eigenvalue weighted by atomic mass is 16.5. The lowest BCUT2D eigenvalue weighted by Crippen LogP contribution is -2.41. The zero-order chi connectivity index (χ0) is 18.0. The number of amides is 1. The van der Waals surface area contributed by atoms with Crippen LogP contribution in [0.25, 0.3) is 11.4 Å². The highest BCUT2D eigenvalue weighted by Gasteiger charge is 2.42. The van der Waals surface area contributed by atoms with Crippen LogP contribution in [0, 0.1) is 5.41 Å². The Morgan fingerprint density at radius 1 is 1.31 bits per heavy atom. The van der Waals surface area contributed by atoms with Gasteiger partial charge in [-0.2, -0.15) is 4.98 Å². The first-order valence-electron chi connectivity index (χ1n) is 9.22. The molecule has 1 spiro atoms. The van der Waals surface area contributed by atoms with E-state index < -0.39 is 0 Å². The smallest absolute Gasteiger partial charge is 0.246 e. The number of benzene rings is 1. The summed E-state index contributed by atoms with van der Waals surface area (Å²) >= 11 is 0. The zero-order valence-electron chi connectivity index (χ0n) is 15.1. The van der Waals surface area contributed by atoms with Gasteiger partial charge < -0.3 is 20.1 Å². The van der Waals surface area contributed by atoms with Crippen LogP contribution in [0.1, 0.15) is 25.2 Å². The molecule has 2 aliphatic heterocycles. The van der Waals surface area contributed by atoms with Crippen molar-refractivity contribution in [2.24, 2.45) is 5.41 Å². The van der Waals surface area contributed by atoms with Crippen molar-refractivity contribution in [3.8, 4) is 11.4 Å². The lowest BCUT2D eigenvalue weighted by Gasteiger charge is -2.33. The number of nitrogens with zero attached hydrogens (tertiary/aromatic N) is 3. The summed E-state index contributed by atoms with van der Waals surface area (Å²) in [6, 6.07) is 9.57. The average Bonchev–Trinajstić information content (AvgIpc) is 3.30. The molecule has 3 heterocycles. The number of carbonyl (C=O) groups excluding carboxylic acids is 1. The molecule has 7 nitrogen and oxygen atoms in total. The molecule has 2 fully saturated rings. The molecule has 138 valence electrons. The molecule has 26 heavy (non-hydrogen) atoms. The molecular weight excluding hydrogens is 330 g/mol. The van der Waals surface area contributed by atoms with Gasteiger partial charge in [-0.05, 0) is 37.8 Å². The maximum absolute atomic E-state index is 12.8. The van der Waals surface area contributed by atoms with Gasteiger partial charge in [0.1, 0.15) is 0 Å². The van der Waals surface area contributed by atoms with Crippen molar-refractivity contribution >= 4 is 5.91 Å². The molecule has 7 heteroatoms. The van der Waals surface area contributed by atoms with Gasteiger partial charge in [-0.15, -0.1) is 0 Å². The van der Waals surface area contributed by atoms with E-state index in [4.69, 9.17) is 4.52 Å². The van der Waals surface area contributed by atoms with E-state index >= 15 is 0 Å². The lowest BCUT2D eigenvalue weighted by atomic mass is 9.77. The van der Waals surface area contributed by atoms with Gasteiger partial charge in [0.25, 0.3) is 0 Å². The molecule has 1 amide bonds. The molecule has 4 rings (SSSR count). The SMILES string of the molecule is CN(Cc1nc(-c2ccccc2)no1)C(=O)[C@H]1CC2(CCNCC2)CN1. The summed E-state index contributed by atoms with van der Waals surface area (Å²) in [6.45, 7) is 3.34. The van der Waals surface area contributed by atoms with E-state index in [0.29, 0.717) is 18.3 Å². The molecule has 0 radical (unpaired) electrons. The largest absolute Gasteiger partial charge is 0.337 e. The van der Waals surface area contributed by atoms with Crippen molar-refractivity contribution < 1.29 is 9.32 Å². The standard InChI is InChI=1S/C19H25N5O2/c1-24(12-16-22-17(23-26-16)14-5-3-2-4-6-14)18(25)15-11-19(13-21-15)7-9-20-10-8-19/h2-6,15,20-21H,7-13H2,1H3/t15-/m1/s1. The number of aromatic nitrogens is 2. The van der Waals surface area contributed by atoms with Crippen LogP contribution in [0.2, 0.25) is 0 Å². The normalized spacial score (nSPS) is 21.8. The van der Waals surface area contributed by atoms with Crippen LogP contribution in [-0.4, -0.2) is 53.7 Å². The van der Waals surface area contributed by atoms with Gasteiger partial charge in [-0.25, -0.2) is 0 Å². The minimum atomic E-state index is -0.116. The number of hydrogen-bond acceptors (Lipinski definition) is 6. The molecule has 0 unspecified atom stereocenters. The van der Waals surface area contributed by atoms with Crippen LogP contribution in [0.3, 0.4) is 0 Å². The Labute approximate surface area is 153 Å². The number of piperidine rings is 1. The molecular formula is C19H25N5O2. The molecule has 2 aromatic rings. The van der Waals surface area contributed by atoms with Crippen LogP contribution in [-0.2, 0) is 11.3 Å². The van der Waals surface area contributed by atoms with Crippen molar-refractivity contribution in [3.63, 3.8) is 0 Å². The second-order valence-electron chi connectivity index (χ2n) is 7.46. The fourth-order valence-corrected chi connectivity index (χ4v) is 4.00. The Kier molecular flexibility index (Phi) is 4.74. The van der Waals surface area contributed by atoms with Crippen molar-refractivity contribution in [3.05, 3.63) is 36.2 Å². The summed E-state index contributed by atoms with van der Waals surface area (Å²) in [6.07, 6.45) is 3.19. The molecule has 0 bridgehead atoms. The van der Waals surface area contributed by atoms with Crippen molar-refractivity contribution in [2.45, 2.75) is 31.8 Å². The first kappa shape index (κ1) is 17.2. The van der Waals surface area contributed by atoms with Crippen molar-refractivity contribution in [1.29, 1.82) is 0 Å². The quantitative estimate of drug-likeness (QED) is 0.863. The molecule has 1 aromatic carbocycles. The third-order valence-corrected chi connectivity index (χ3v) is 5.57. The molecule has 2 aliphatic rings. The van der Waals surface area contributed by atoms with E-state index in [9.17, 15) is 4.79 Å². The Bertz CT molecular complexity index is 754. The monoisotopic (exact) mass is 355 g/mol. The van der Waals surface area contributed by atoms with E-state index in [1.165, 1.54) is 0 Å². The highest BCUT2D eigenvalue weighted by molar-refractivity contribution is 5.82. The summed E-state index contributed by atoms with van der Waals surface area (Å²) < 4.78 is 5.33. The van der Waals surface area contributed by atoms with Gasteiger partial charge in [0, 0.05) is 19.2 Å². The topological polar surface area (TPSA) is 83.3 Å². The first-order chi connectivity index (χ1) is 12.7. The summed E-state index contributed by atoms with van der Waals surface area (Å²) in [5.41, 5.74) is 1.18. The first-order valence-corrected chi connectivity index (χ1v) is 9.22. The number of carbonyl (C=O) groups is 1. The van der Waals surface area contributed by atoms with E-state index in [1.54, 1.807) is 11.9 Å². The van der Waals surface area contributed by atoms with Gasteiger partial charge in [0.05, 0.1) is 12.6 Å². The molecule has 1 atom stereocenters. The molecule has 0 aliphatic carbocycles. The van der Waals surface area contributed by atoms with E-state index in [1.807, 2.05) is 30.3 Å². The minimum Gasteiger partial charge on any atom is -0.337 e. The predicted molar refractivity (Wildman–Crippen MR) is 97.2 cm³/mol. The summed E-state index contributed by atoms with van der Waals surface area (Å²) in [5, 5.41) is 10.8. The molecule has 0 saturated carbocycles. The highest BCUT2D eigenvalue weighted by Crippen LogP contribution is 2.37. The molecule has 2 saturated heterocycles. The number of likely N-dealkylation sites (N-methyl/N-ethyl adjacent to an activating group) is 1. The van der Waals surface area contributed by atoms with Crippen LogP contribution in [0.5, 0.6) is 0 Å². The Morgan fingerprint density at radius 2 is 2.08 bits per heavy atom. The summed E-state index contributed by atoms with van der Waals surface area (Å²) in [5.74, 6) is 1.10. The minimum absolute atomic E-state index is 0.0971. The Hall–Kier alpha value is -2.25. The summed E-state index contributed by atoms with van der Waals surface area (Å²) in [7, 11) is 1.80. The Morgan fingerprint density at radius 3 is 2.85 bits per heavy atom. The second-order valence-corrected chi connectivity index (χ2v) is 7.46. The van der Waals surface area contributed by atoms with Crippen LogP contribution in [0.4, 0.5) is 0 Å². The predicted octanol–water partition coefficient (Wildman–Crippen LogP) is 1.43. The maximum atomic E-state index is 12.8. The van der Waals surface area contributed by atoms with Crippen LogP contribution >= 0.6 is 0 Å². The van der Waals surface area contributed by atoms with Crippen molar-refractivity contribution in [1.82, 2.24) is 25.7 Å². The maximum Gasteiger partial charge on any atom is 0.246 e. The van der Waals surface area contributed by atoms with Gasteiger partial charge in [-0.1, -0.05) is 35.5 Å². The third kappa shape index (κ3) is 3.50. The van der Waals surface area contributed by atoms with E-state index in [0.717, 1.165) is 44.5 Å². The van der Waals surface area contributed by atoms with Crippen LogP contribution in [0.15, 0.2) is 34.9 Å². The second kappa shape index (κ2) is 7.17. The zero-order valence-corrected chi connectivity index (χ0v) is 15.1. The fraction of sp³-hybridized carbons (Fsp3) is 0.526. The van der Waals surface area contributed by atoms with E-state index in [-0.39, 0.29) is 17.4 Å². The number of nitrogens with one attached hydrogen (secondary N) is 2. The lowest BCUT2D eigenvalue weighted by molar-refractivity contribution is -0.132. The van der Waals surface area contributed by atoms with Gasteiger partial charge in [0.15, 0.2) is 0 Å². The van der Waals surface area contributed by atoms with Gasteiger partial charge in [-0.3, -0.25) is 4.79 Å². The number of hydrogen-bond donors (Lipinski definition) is 2. The summed E-state index contributed by atoms with van der Waals surface area (Å²) in [4.78, 5) is 18.9. The average molecular weight is 355 g/mol. The van der Waals surface area contributed by atoms with E-state index in [2.05, 4.69) is 20.8 Å². The van der Waals surface area contributed by atoms with Gasteiger partial charge in [0.2, 0.25) is 17.6 Å². The van der Waals surface area contributed by atoms with Gasteiger partial charge >= 0.3 is 0 Å². The molecule has 2 N–H and O–H groups in total. The molecule has 1 aromatic heterocycles. The number of rotatable bonds is 4. The van der Waals surface area contributed by atoms with Crippen molar-refractivity contribution in [2.75, 3.05) is 26.7 Å².